The van der Waals surface area contributed by atoms with Crippen LogP contribution in [0.4, 0.5) is 0 Å². The molecule has 0 amide bonds. The van der Waals surface area contributed by atoms with Crippen molar-refractivity contribution in [3.8, 4) is 44.5 Å². The van der Waals surface area contributed by atoms with E-state index in [-0.39, 0.29) is 11.3 Å². The van der Waals surface area contributed by atoms with Crippen molar-refractivity contribution in [2.24, 2.45) is 0 Å². The third-order valence-corrected chi connectivity index (χ3v) is 11.8. The first-order chi connectivity index (χ1) is 25.0. The molecule has 0 N–H and O–H groups in total. The normalized spacial score (nSPS) is 15.2. The summed E-state index contributed by atoms with van der Waals surface area (Å²) in [5.41, 5.74) is 17.1. The van der Waals surface area contributed by atoms with E-state index in [0.29, 0.717) is 5.56 Å². The summed E-state index contributed by atoms with van der Waals surface area (Å²) < 4.78 is 1.88. The molecule has 51 heavy (non-hydrogen) atoms. The van der Waals surface area contributed by atoms with Gasteiger partial charge in [-0.05, 0) is 103 Å². The molecule has 0 fully saturated rings. The van der Waals surface area contributed by atoms with Crippen LogP contribution in [-0.2, 0) is 10.8 Å². The van der Waals surface area contributed by atoms with Gasteiger partial charge in [-0.25, -0.2) is 4.98 Å². The van der Waals surface area contributed by atoms with Crippen molar-refractivity contribution in [1.82, 2.24) is 9.55 Å². The molecule has 0 saturated carbocycles. The number of hydrogen-bond donors (Lipinski definition) is 0. The van der Waals surface area contributed by atoms with E-state index in [0.717, 1.165) is 50.2 Å². The summed E-state index contributed by atoms with van der Waals surface area (Å²) in [5.74, 6) is 0.716. The molecule has 3 nitrogen and oxygen atoms in total. The van der Waals surface area contributed by atoms with Gasteiger partial charge in [0.25, 0.3) is 5.91 Å². The highest BCUT2D eigenvalue weighted by molar-refractivity contribution is 6.08. The van der Waals surface area contributed by atoms with Crippen LogP contribution in [-0.4, -0.2) is 15.5 Å². The summed E-state index contributed by atoms with van der Waals surface area (Å²) in [4.78, 5) is 20.1. The van der Waals surface area contributed by atoms with Crippen LogP contribution < -0.4 is 0 Å². The summed E-state index contributed by atoms with van der Waals surface area (Å²) in [6.45, 7) is 4.63. The number of hydrogen-bond acceptors (Lipinski definition) is 2. The summed E-state index contributed by atoms with van der Waals surface area (Å²) in [6, 6.07) is 56.2. The Labute approximate surface area is 296 Å². The third kappa shape index (κ3) is 3.58. The van der Waals surface area contributed by atoms with Gasteiger partial charge in [0.2, 0.25) is 0 Å². The zero-order valence-electron chi connectivity index (χ0n) is 28.3. The van der Waals surface area contributed by atoms with Crippen LogP contribution in [0.5, 0.6) is 0 Å². The van der Waals surface area contributed by atoms with Crippen LogP contribution in [0, 0.1) is 0 Å². The molecule has 11 rings (SSSR count). The molecule has 0 unspecified atom stereocenters. The molecule has 0 saturated heterocycles. The molecule has 2 heterocycles. The molecule has 3 heteroatoms. The second-order valence-corrected chi connectivity index (χ2v) is 14.7. The zero-order chi connectivity index (χ0) is 34.1. The molecule has 3 aliphatic rings. The predicted octanol–water partition coefficient (Wildman–Crippen LogP) is 11.0. The van der Waals surface area contributed by atoms with E-state index in [2.05, 4.69) is 147 Å². The average molecular weight is 653 g/mol. The van der Waals surface area contributed by atoms with E-state index >= 15 is 0 Å². The van der Waals surface area contributed by atoms with Crippen LogP contribution in [0.15, 0.2) is 158 Å². The first-order valence-corrected chi connectivity index (χ1v) is 17.7. The van der Waals surface area contributed by atoms with E-state index in [9.17, 15) is 4.79 Å². The van der Waals surface area contributed by atoms with Crippen LogP contribution in [0.2, 0.25) is 0 Å². The molecule has 7 aromatic carbocycles. The van der Waals surface area contributed by atoms with Crippen LogP contribution in [0.3, 0.4) is 0 Å². The Bertz CT molecular complexity index is 2770. The monoisotopic (exact) mass is 652 g/mol. The molecule has 8 aromatic rings. The summed E-state index contributed by atoms with van der Waals surface area (Å²) >= 11 is 0. The van der Waals surface area contributed by atoms with Crippen molar-refractivity contribution in [2.75, 3.05) is 0 Å². The topological polar surface area (TPSA) is 34.9 Å². The average Bonchev–Trinajstić information content (AvgIpc) is 3.79. The lowest BCUT2D eigenvalue weighted by atomic mass is 9.68. The fourth-order valence-electron chi connectivity index (χ4n) is 9.50. The highest BCUT2D eigenvalue weighted by Gasteiger charge is 2.54. The predicted molar refractivity (Wildman–Crippen MR) is 205 cm³/mol. The fraction of sp³-hybridized carbons (Fsp3) is 0.0833. The van der Waals surface area contributed by atoms with Gasteiger partial charge in [-0.1, -0.05) is 141 Å². The summed E-state index contributed by atoms with van der Waals surface area (Å²) in [7, 11) is 0. The lowest BCUT2D eigenvalue weighted by Crippen LogP contribution is -2.40. The van der Waals surface area contributed by atoms with E-state index in [1.165, 1.54) is 38.9 Å². The molecule has 1 spiro atoms. The lowest BCUT2D eigenvalue weighted by molar-refractivity contribution is 0.0951. The lowest BCUT2D eigenvalue weighted by Gasteiger charge is -2.37. The zero-order valence-corrected chi connectivity index (χ0v) is 28.3. The van der Waals surface area contributed by atoms with Crippen molar-refractivity contribution < 1.29 is 4.79 Å². The molecular formula is C48H32N2O. The molecule has 0 bridgehead atoms. The highest BCUT2D eigenvalue weighted by atomic mass is 16.2. The molecule has 240 valence electrons. The Balaban J connectivity index is 1.11. The number of nitrogens with zero attached hydrogens (tertiary/aromatic N) is 2. The van der Waals surface area contributed by atoms with Gasteiger partial charge in [0.05, 0.1) is 11.0 Å². The van der Waals surface area contributed by atoms with Crippen LogP contribution in [0.1, 0.15) is 57.8 Å². The Morgan fingerprint density at radius 2 is 0.941 bits per heavy atom. The van der Waals surface area contributed by atoms with Crippen molar-refractivity contribution in [1.29, 1.82) is 0 Å². The van der Waals surface area contributed by atoms with Gasteiger partial charge in [0.1, 0.15) is 11.2 Å². The van der Waals surface area contributed by atoms with Gasteiger partial charge in [0, 0.05) is 11.0 Å². The number of aromatic nitrogens is 2. The standard InChI is InChI=1S/C48H32N2O/c1-47(2)38-17-6-3-16-35(38)36-27-31(22-24-39(36)47)29-12-11-13-30(26-29)32-23-25-42-37(28-32)45(51)50-44-21-10-9-20-43(44)49-46(50)48(42)40-18-7-4-14-33(40)34-15-5-8-19-41(34)48/h3-28H,1-2H3. The molecule has 2 aliphatic carbocycles. The second-order valence-electron chi connectivity index (χ2n) is 14.7. The Hall–Kier alpha value is -6.32. The summed E-state index contributed by atoms with van der Waals surface area (Å²) in [5, 5.41) is 0. The Kier molecular flexibility index (Phi) is 5.53. The minimum Gasteiger partial charge on any atom is -0.268 e. The molecule has 0 atom stereocenters. The van der Waals surface area contributed by atoms with Gasteiger partial charge in [-0.3, -0.25) is 9.36 Å². The van der Waals surface area contributed by atoms with Crippen molar-refractivity contribution in [3.63, 3.8) is 0 Å². The van der Waals surface area contributed by atoms with E-state index < -0.39 is 5.41 Å². The summed E-state index contributed by atoms with van der Waals surface area (Å²) in [6.07, 6.45) is 0. The number of rotatable bonds is 2. The van der Waals surface area contributed by atoms with Crippen molar-refractivity contribution >= 4 is 16.9 Å². The smallest absolute Gasteiger partial charge is 0.264 e. The van der Waals surface area contributed by atoms with Crippen molar-refractivity contribution in [2.45, 2.75) is 24.7 Å². The molecule has 1 aliphatic heterocycles. The number of para-hydroxylation sites is 2. The maximum Gasteiger partial charge on any atom is 0.264 e. The fourth-order valence-corrected chi connectivity index (χ4v) is 9.50. The van der Waals surface area contributed by atoms with Crippen molar-refractivity contribution in [3.05, 3.63) is 197 Å². The van der Waals surface area contributed by atoms with Gasteiger partial charge in [0.15, 0.2) is 0 Å². The largest absolute Gasteiger partial charge is 0.268 e. The second kappa shape index (κ2) is 9.89. The molecular weight excluding hydrogens is 621 g/mol. The number of fused-ring (bicyclic) bond motifs is 14. The van der Waals surface area contributed by atoms with E-state index in [4.69, 9.17) is 4.98 Å². The van der Waals surface area contributed by atoms with Gasteiger partial charge in [-0.2, -0.15) is 0 Å². The SMILES string of the molecule is CC1(C)c2ccccc2-c2cc(-c3cccc(-c4ccc5c(c4)C(=O)n4c(nc6ccccc64)C54c5ccccc5-c5ccccc54)c3)ccc21. The van der Waals surface area contributed by atoms with E-state index in [1.807, 2.05) is 28.8 Å². The number of carbonyl (C=O) groups is 1. The van der Waals surface area contributed by atoms with Gasteiger partial charge in [-0.15, -0.1) is 0 Å². The molecule has 1 aromatic heterocycles. The van der Waals surface area contributed by atoms with Crippen LogP contribution >= 0.6 is 0 Å². The Morgan fingerprint density at radius 3 is 1.63 bits per heavy atom. The minimum atomic E-state index is -0.732. The number of benzene rings is 7. The third-order valence-electron chi connectivity index (χ3n) is 11.8. The first-order valence-electron chi connectivity index (χ1n) is 17.7. The van der Waals surface area contributed by atoms with E-state index in [1.54, 1.807) is 0 Å². The van der Waals surface area contributed by atoms with Gasteiger partial charge >= 0.3 is 0 Å². The molecule has 0 radical (unpaired) electrons. The minimum absolute atomic E-state index is 0.0277. The number of carbonyl (C=O) groups excluding carboxylic acids is 1. The first kappa shape index (κ1) is 28.5. The number of imidazole rings is 1. The Morgan fingerprint density at radius 1 is 0.451 bits per heavy atom. The maximum atomic E-state index is 14.8. The maximum absolute atomic E-state index is 14.8. The van der Waals surface area contributed by atoms with Gasteiger partial charge < -0.3 is 0 Å². The highest BCUT2D eigenvalue weighted by Crippen LogP contribution is 2.58. The quantitative estimate of drug-likeness (QED) is 0.186. The van der Waals surface area contributed by atoms with Crippen LogP contribution in [0.25, 0.3) is 55.5 Å².